The van der Waals surface area contributed by atoms with Gasteiger partial charge < -0.3 is 5.32 Å². The molecule has 1 heterocycles. The van der Waals surface area contributed by atoms with Crippen LogP contribution in [0, 0.1) is 0 Å². The van der Waals surface area contributed by atoms with Crippen molar-refractivity contribution in [2.45, 2.75) is 25.5 Å². The maximum atomic E-state index is 4.12. The Morgan fingerprint density at radius 3 is 2.64 bits per heavy atom. The molecule has 0 aromatic heterocycles. The number of rotatable bonds is 0. The predicted molar refractivity (Wildman–Crippen MR) is 51.9 cm³/mol. The Labute approximate surface area is 72.2 Å². The van der Waals surface area contributed by atoms with E-state index in [1.807, 2.05) is 7.05 Å². The number of amidine groups is 1. The number of hydrogen-bond donors (Lipinski definition) is 1. The molecule has 0 aromatic rings. The van der Waals surface area contributed by atoms with Gasteiger partial charge in [-0.25, -0.2) is 0 Å². The highest BCUT2D eigenvalue weighted by Gasteiger charge is 2.23. The molecule has 0 aromatic carbocycles. The van der Waals surface area contributed by atoms with E-state index < -0.39 is 0 Å². The first-order valence-corrected chi connectivity index (χ1v) is 4.47. The molecule has 2 nitrogen and oxygen atoms in total. The Balaban J connectivity index is 2.86. The zero-order valence-corrected chi connectivity index (χ0v) is 8.25. The maximum Gasteiger partial charge on any atom is 0.161 e. The van der Waals surface area contributed by atoms with Gasteiger partial charge >= 0.3 is 0 Å². The molecular weight excluding hydrogens is 156 g/mol. The van der Waals surface area contributed by atoms with Gasteiger partial charge in [-0.05, 0) is 26.8 Å². The Hall–Kier alpha value is -0.440. The van der Waals surface area contributed by atoms with E-state index >= 15 is 0 Å². The van der Waals surface area contributed by atoms with E-state index in [2.05, 4.69) is 37.2 Å². The van der Waals surface area contributed by atoms with E-state index in [0.29, 0.717) is 0 Å². The zero-order valence-electron chi connectivity index (χ0n) is 7.43. The number of nitrogens with zero attached hydrogens (tertiary/aromatic N) is 1. The van der Waals surface area contributed by atoms with Crippen LogP contribution in [0.3, 0.4) is 0 Å². The fourth-order valence-electron chi connectivity index (χ4n) is 1.13. The first kappa shape index (κ1) is 8.65. The molecular formula is C8H14N2S. The minimum atomic E-state index is 0.185. The van der Waals surface area contributed by atoms with Crippen LogP contribution < -0.4 is 5.32 Å². The van der Waals surface area contributed by atoms with Crippen molar-refractivity contribution in [3.63, 3.8) is 0 Å². The molecule has 3 heteroatoms. The van der Waals surface area contributed by atoms with Crippen LogP contribution in [-0.4, -0.2) is 17.0 Å². The van der Waals surface area contributed by atoms with Gasteiger partial charge in [0.05, 0.1) is 0 Å². The van der Waals surface area contributed by atoms with E-state index in [-0.39, 0.29) is 4.75 Å². The molecule has 11 heavy (non-hydrogen) atoms. The summed E-state index contributed by atoms with van der Waals surface area (Å²) in [5, 5.41) is 4.20. The van der Waals surface area contributed by atoms with Gasteiger partial charge in [-0.3, -0.25) is 4.99 Å². The highest BCUT2D eigenvalue weighted by molar-refractivity contribution is 8.15. The Bertz CT molecular complexity index is 216. The molecule has 0 saturated carbocycles. The fourth-order valence-corrected chi connectivity index (χ4v) is 2.17. The first-order chi connectivity index (χ1) is 5.03. The third-order valence-electron chi connectivity index (χ3n) is 1.43. The minimum Gasteiger partial charge on any atom is -0.339 e. The van der Waals surface area contributed by atoms with E-state index in [9.17, 15) is 0 Å². The summed E-state index contributed by atoms with van der Waals surface area (Å²) in [5.74, 6) is 0. The van der Waals surface area contributed by atoms with Gasteiger partial charge in [-0.2, -0.15) is 0 Å². The average Bonchev–Trinajstić information content (AvgIpc) is 1.83. The smallest absolute Gasteiger partial charge is 0.161 e. The Morgan fingerprint density at radius 1 is 1.55 bits per heavy atom. The molecule has 0 amide bonds. The quantitative estimate of drug-likeness (QED) is 0.601. The van der Waals surface area contributed by atoms with Gasteiger partial charge in [0.2, 0.25) is 0 Å². The molecule has 0 fully saturated rings. The zero-order chi connectivity index (χ0) is 8.48. The molecule has 1 rings (SSSR count). The number of hydrogen-bond acceptors (Lipinski definition) is 2. The van der Waals surface area contributed by atoms with Crippen LogP contribution in [0.15, 0.2) is 16.8 Å². The Morgan fingerprint density at radius 2 is 2.18 bits per heavy atom. The lowest BCUT2D eigenvalue weighted by molar-refractivity contribution is 0.867. The second-order valence-corrected chi connectivity index (χ2v) is 4.83. The van der Waals surface area contributed by atoms with Gasteiger partial charge in [0.25, 0.3) is 0 Å². The third kappa shape index (κ3) is 2.26. The van der Waals surface area contributed by atoms with Crippen molar-refractivity contribution in [3.05, 3.63) is 11.8 Å². The molecule has 62 valence electrons. The van der Waals surface area contributed by atoms with Gasteiger partial charge in [-0.1, -0.05) is 11.8 Å². The van der Waals surface area contributed by atoms with E-state index in [1.54, 1.807) is 11.8 Å². The van der Waals surface area contributed by atoms with E-state index in [0.717, 1.165) is 5.17 Å². The van der Waals surface area contributed by atoms with Gasteiger partial charge in [0, 0.05) is 17.5 Å². The summed E-state index contributed by atoms with van der Waals surface area (Å²) in [6.45, 7) is 6.44. The normalized spacial score (nSPS) is 26.2. The molecule has 0 radical (unpaired) electrons. The molecule has 0 saturated heterocycles. The highest BCUT2D eigenvalue weighted by atomic mass is 32.2. The topological polar surface area (TPSA) is 24.4 Å². The van der Waals surface area contributed by atoms with Crippen LogP contribution in [0.2, 0.25) is 0 Å². The third-order valence-corrected chi connectivity index (χ3v) is 2.55. The SMILES string of the molecule is CN=C1NC(C)=CC(C)(C)S1. The summed E-state index contributed by atoms with van der Waals surface area (Å²) in [6, 6.07) is 0. The second kappa shape index (κ2) is 2.89. The Kier molecular flexibility index (Phi) is 2.28. The van der Waals surface area contributed by atoms with Gasteiger partial charge in [-0.15, -0.1) is 0 Å². The van der Waals surface area contributed by atoms with Crippen LogP contribution in [0.5, 0.6) is 0 Å². The van der Waals surface area contributed by atoms with Crippen molar-refractivity contribution >= 4 is 16.9 Å². The van der Waals surface area contributed by atoms with Crippen molar-refractivity contribution in [3.8, 4) is 0 Å². The van der Waals surface area contributed by atoms with Crippen LogP contribution in [0.1, 0.15) is 20.8 Å². The second-order valence-electron chi connectivity index (χ2n) is 3.19. The van der Waals surface area contributed by atoms with Crippen molar-refractivity contribution in [2.24, 2.45) is 4.99 Å². The van der Waals surface area contributed by atoms with E-state index in [1.165, 1.54) is 5.70 Å². The van der Waals surface area contributed by atoms with Crippen molar-refractivity contribution in [1.82, 2.24) is 5.32 Å². The maximum absolute atomic E-state index is 4.12. The minimum absolute atomic E-state index is 0.185. The number of nitrogens with one attached hydrogen (secondary N) is 1. The van der Waals surface area contributed by atoms with Crippen LogP contribution in [-0.2, 0) is 0 Å². The lowest BCUT2D eigenvalue weighted by Crippen LogP contribution is -2.31. The molecule has 1 aliphatic heterocycles. The van der Waals surface area contributed by atoms with Gasteiger partial charge in [0.15, 0.2) is 5.17 Å². The standard InChI is InChI=1S/C8H14N2S/c1-6-5-8(2,3)11-7(9-4)10-6/h5H,1-4H3,(H,9,10). The van der Waals surface area contributed by atoms with Crippen LogP contribution in [0.4, 0.5) is 0 Å². The molecule has 1 aliphatic rings. The van der Waals surface area contributed by atoms with Crippen molar-refractivity contribution < 1.29 is 0 Å². The van der Waals surface area contributed by atoms with Crippen molar-refractivity contribution in [2.75, 3.05) is 7.05 Å². The molecule has 1 N–H and O–H groups in total. The number of aliphatic imine (C=N–C) groups is 1. The highest BCUT2D eigenvalue weighted by Crippen LogP contribution is 2.30. The largest absolute Gasteiger partial charge is 0.339 e. The molecule has 0 spiro atoms. The summed E-state index contributed by atoms with van der Waals surface area (Å²) in [7, 11) is 1.81. The fraction of sp³-hybridized carbons (Fsp3) is 0.625. The molecule has 0 bridgehead atoms. The monoisotopic (exact) mass is 170 g/mol. The molecule has 0 unspecified atom stereocenters. The molecule has 0 atom stereocenters. The predicted octanol–water partition coefficient (Wildman–Crippen LogP) is 1.99. The van der Waals surface area contributed by atoms with Gasteiger partial charge in [0.1, 0.15) is 0 Å². The average molecular weight is 170 g/mol. The number of allylic oxidation sites excluding steroid dienone is 1. The lowest BCUT2D eigenvalue weighted by Gasteiger charge is -2.27. The summed E-state index contributed by atoms with van der Waals surface area (Å²) in [5.41, 5.74) is 1.19. The molecule has 0 aliphatic carbocycles. The van der Waals surface area contributed by atoms with Crippen LogP contribution >= 0.6 is 11.8 Å². The number of thioether (sulfide) groups is 1. The lowest BCUT2D eigenvalue weighted by atomic mass is 10.2. The van der Waals surface area contributed by atoms with E-state index in [4.69, 9.17) is 0 Å². The summed E-state index contributed by atoms with van der Waals surface area (Å²) >= 11 is 1.75. The summed E-state index contributed by atoms with van der Waals surface area (Å²) < 4.78 is 0.185. The summed E-state index contributed by atoms with van der Waals surface area (Å²) in [4.78, 5) is 4.12. The van der Waals surface area contributed by atoms with Crippen LogP contribution in [0.25, 0.3) is 0 Å². The van der Waals surface area contributed by atoms with Crippen molar-refractivity contribution in [1.29, 1.82) is 0 Å². The first-order valence-electron chi connectivity index (χ1n) is 3.66. The summed E-state index contributed by atoms with van der Waals surface area (Å²) in [6.07, 6.45) is 2.21.